The van der Waals surface area contributed by atoms with Crippen LogP contribution in [0.4, 0.5) is 22.0 Å². The van der Waals surface area contributed by atoms with Gasteiger partial charge in [-0.25, -0.2) is 9.59 Å². The Morgan fingerprint density at radius 2 is 1.72 bits per heavy atom. The summed E-state index contributed by atoms with van der Waals surface area (Å²) in [4.78, 5) is 23.8. The maximum Gasteiger partial charge on any atom is 0.432 e. The van der Waals surface area contributed by atoms with Crippen LogP contribution in [0.5, 0.6) is 5.75 Å². The summed E-state index contributed by atoms with van der Waals surface area (Å²) in [5.74, 6) is -3.68. The highest BCUT2D eigenvalue weighted by atomic mass is 127. The fourth-order valence-electron chi connectivity index (χ4n) is 1.72. The minimum Gasteiger partial charge on any atom is -0.441 e. The van der Waals surface area contributed by atoms with E-state index in [0.29, 0.717) is 0 Å². The Balaban J connectivity index is 3.47. The zero-order valence-corrected chi connectivity index (χ0v) is 19.0. The average molecular weight is 670 g/mol. The van der Waals surface area contributed by atoms with Crippen LogP contribution in [0.25, 0.3) is 0 Å². The van der Waals surface area contributed by atoms with Gasteiger partial charge in [-0.2, -0.15) is 30.4 Å². The van der Waals surface area contributed by atoms with Gasteiger partial charge in [0, 0.05) is 9.65 Å². The molecule has 1 aromatic rings. The molecule has 1 rings (SSSR count). The van der Waals surface area contributed by atoms with E-state index in [1.165, 1.54) is 19.1 Å². The predicted molar refractivity (Wildman–Crippen MR) is 104 cm³/mol. The first-order chi connectivity index (χ1) is 13.0. The molecular formula is C14H9F5I2O7S. The molecule has 0 aliphatic heterocycles. The van der Waals surface area contributed by atoms with Gasteiger partial charge in [-0.3, -0.25) is 4.55 Å². The molecule has 0 saturated heterocycles. The summed E-state index contributed by atoms with van der Waals surface area (Å²) in [6.07, 6.45) is -8.42. The molecule has 0 radical (unpaired) electrons. The topological polar surface area (TPSA) is 107 Å². The normalized spacial score (nSPS) is 14.0. The van der Waals surface area contributed by atoms with Crippen molar-refractivity contribution in [3.8, 4) is 5.75 Å². The first-order valence-corrected chi connectivity index (χ1v) is 10.6. The molecule has 0 amide bonds. The number of carbonyl (C=O) groups is 2. The maximum atomic E-state index is 13.6. The van der Waals surface area contributed by atoms with Gasteiger partial charge in [0.2, 0.25) is 0 Å². The van der Waals surface area contributed by atoms with Gasteiger partial charge < -0.3 is 9.47 Å². The van der Waals surface area contributed by atoms with E-state index in [2.05, 4.69) is 4.74 Å². The summed E-state index contributed by atoms with van der Waals surface area (Å²) < 4.78 is 105. The van der Waals surface area contributed by atoms with Gasteiger partial charge in [0.25, 0.3) is 6.10 Å². The maximum absolute atomic E-state index is 13.6. The molecule has 1 N–H and O–H groups in total. The first-order valence-electron chi connectivity index (χ1n) is 6.98. The highest BCUT2D eigenvalue weighted by molar-refractivity contribution is 14.1. The lowest BCUT2D eigenvalue weighted by atomic mass is 10.2. The zero-order valence-electron chi connectivity index (χ0n) is 13.8. The molecule has 0 spiro atoms. The van der Waals surface area contributed by atoms with Crippen molar-refractivity contribution in [2.75, 3.05) is 0 Å². The van der Waals surface area contributed by atoms with Gasteiger partial charge in [-0.15, -0.1) is 0 Å². The lowest BCUT2D eigenvalue weighted by Gasteiger charge is -2.26. The van der Waals surface area contributed by atoms with Gasteiger partial charge in [-0.05, 0) is 64.2 Å². The Morgan fingerprint density at radius 1 is 1.17 bits per heavy atom. The van der Waals surface area contributed by atoms with Crippen LogP contribution in [0, 0.1) is 7.14 Å². The van der Waals surface area contributed by atoms with Crippen molar-refractivity contribution in [3.05, 3.63) is 37.0 Å². The number of alkyl halides is 5. The zero-order chi connectivity index (χ0) is 22.8. The van der Waals surface area contributed by atoms with Gasteiger partial charge in [0.1, 0.15) is 5.56 Å². The van der Waals surface area contributed by atoms with Crippen molar-refractivity contribution in [3.63, 3.8) is 0 Å². The first kappa shape index (κ1) is 26.0. The van der Waals surface area contributed by atoms with Gasteiger partial charge in [-0.1, -0.05) is 6.08 Å². The molecule has 0 aliphatic rings. The molecule has 1 atom stereocenters. The summed E-state index contributed by atoms with van der Waals surface area (Å²) >= 11 is 3.20. The number of ether oxygens (including phenoxy) is 2. The summed E-state index contributed by atoms with van der Waals surface area (Å²) in [6.45, 7) is 1.45. The SMILES string of the molecule is C/C=C/C(=O)Oc1c(I)cc(I)cc1C(=O)OC(C(F)(F)F)C(F)(F)S(=O)(=O)O. The number of hydrogen-bond donors (Lipinski definition) is 1. The van der Waals surface area contributed by atoms with Crippen LogP contribution in [-0.2, 0) is 19.6 Å². The van der Waals surface area contributed by atoms with Crippen molar-refractivity contribution >= 4 is 67.2 Å². The lowest BCUT2D eigenvalue weighted by Crippen LogP contribution is -2.52. The Bertz CT molecular complexity index is 944. The molecule has 0 aliphatic carbocycles. The monoisotopic (exact) mass is 670 g/mol. The van der Waals surface area contributed by atoms with E-state index in [4.69, 9.17) is 9.29 Å². The van der Waals surface area contributed by atoms with E-state index < -0.39 is 50.9 Å². The number of carbonyl (C=O) groups excluding carboxylic acids is 2. The number of rotatable bonds is 6. The second kappa shape index (κ2) is 9.38. The highest BCUT2D eigenvalue weighted by Crippen LogP contribution is 2.39. The molecule has 1 aromatic carbocycles. The Kier molecular flexibility index (Phi) is 8.39. The Hall–Kier alpha value is -1.08. The molecular weight excluding hydrogens is 661 g/mol. The van der Waals surface area contributed by atoms with E-state index in [1.807, 2.05) is 0 Å². The number of hydrogen-bond acceptors (Lipinski definition) is 6. The number of halogens is 7. The van der Waals surface area contributed by atoms with Crippen LogP contribution < -0.4 is 4.74 Å². The second-order valence-corrected chi connectivity index (χ2v) is 8.95. The second-order valence-electron chi connectivity index (χ2n) is 5.05. The van der Waals surface area contributed by atoms with Crippen LogP contribution >= 0.6 is 45.2 Å². The van der Waals surface area contributed by atoms with E-state index in [-0.39, 0.29) is 7.14 Å². The molecule has 7 nitrogen and oxygen atoms in total. The van der Waals surface area contributed by atoms with Crippen LogP contribution in [0.15, 0.2) is 24.3 Å². The Labute approximate surface area is 187 Å². The minimum atomic E-state index is -6.59. The molecule has 1 unspecified atom stereocenters. The molecule has 162 valence electrons. The molecule has 0 bridgehead atoms. The summed E-state index contributed by atoms with van der Waals surface area (Å²) in [5, 5.41) is -5.89. The molecule has 15 heteroatoms. The van der Waals surface area contributed by atoms with E-state index in [0.717, 1.165) is 12.1 Å². The number of esters is 2. The largest absolute Gasteiger partial charge is 0.441 e. The van der Waals surface area contributed by atoms with Crippen molar-refractivity contribution in [2.45, 2.75) is 24.5 Å². The summed E-state index contributed by atoms with van der Waals surface area (Å²) in [7, 11) is -6.59. The van der Waals surface area contributed by atoms with Crippen LogP contribution in [0.2, 0.25) is 0 Å². The van der Waals surface area contributed by atoms with Crippen LogP contribution in [0.1, 0.15) is 17.3 Å². The van der Waals surface area contributed by atoms with Gasteiger partial charge in [0.15, 0.2) is 5.75 Å². The van der Waals surface area contributed by atoms with E-state index in [9.17, 15) is 40.0 Å². The molecule has 0 aromatic heterocycles. The predicted octanol–water partition coefficient (Wildman–Crippen LogP) is 3.95. The van der Waals surface area contributed by atoms with Gasteiger partial charge >= 0.3 is 33.5 Å². The van der Waals surface area contributed by atoms with Crippen LogP contribution in [0.3, 0.4) is 0 Å². The van der Waals surface area contributed by atoms with Crippen molar-refractivity contribution in [2.24, 2.45) is 0 Å². The van der Waals surface area contributed by atoms with Crippen molar-refractivity contribution < 1.29 is 54.0 Å². The molecule has 0 fully saturated rings. The van der Waals surface area contributed by atoms with Crippen LogP contribution in [-0.4, -0.2) is 42.4 Å². The fourth-order valence-corrected chi connectivity index (χ4v) is 4.13. The number of allylic oxidation sites excluding steroid dienone is 1. The average Bonchev–Trinajstić information content (AvgIpc) is 2.52. The highest BCUT2D eigenvalue weighted by Gasteiger charge is 2.66. The molecule has 0 saturated carbocycles. The lowest BCUT2D eigenvalue weighted by molar-refractivity contribution is -0.248. The quantitative estimate of drug-likeness (QED) is 0.122. The summed E-state index contributed by atoms with van der Waals surface area (Å²) in [5.41, 5.74) is -0.848. The van der Waals surface area contributed by atoms with E-state index in [1.54, 1.807) is 45.2 Å². The molecule has 29 heavy (non-hydrogen) atoms. The number of benzene rings is 1. The molecule has 0 heterocycles. The van der Waals surface area contributed by atoms with E-state index >= 15 is 0 Å². The third kappa shape index (κ3) is 6.45. The van der Waals surface area contributed by atoms with Gasteiger partial charge in [0.05, 0.1) is 3.57 Å². The van der Waals surface area contributed by atoms with Crippen molar-refractivity contribution in [1.82, 2.24) is 0 Å². The third-order valence-electron chi connectivity index (χ3n) is 2.91. The minimum absolute atomic E-state index is 0.0457. The standard InChI is InChI=1S/C14H9F5I2O7S/c1-2-3-9(22)27-10-7(4-6(20)5-8(10)21)11(23)28-12(13(15,16)17)14(18,19)29(24,25)26/h2-5,12H,1H3,(H,24,25,26)/b3-2+. The third-order valence-corrected chi connectivity index (χ3v) is 5.23. The summed E-state index contributed by atoms with van der Waals surface area (Å²) in [6, 6.07) is 2.23. The van der Waals surface area contributed by atoms with Crippen molar-refractivity contribution in [1.29, 1.82) is 0 Å². The smallest absolute Gasteiger partial charge is 0.432 e. The Morgan fingerprint density at radius 3 is 2.17 bits per heavy atom. The fraction of sp³-hybridized carbons (Fsp3) is 0.286.